The van der Waals surface area contributed by atoms with Crippen molar-refractivity contribution in [3.05, 3.63) is 35.3 Å². The minimum absolute atomic E-state index is 0.0633. The molecule has 0 aliphatic heterocycles. The molecule has 0 aliphatic rings. The van der Waals surface area contributed by atoms with E-state index in [4.69, 9.17) is 5.11 Å². The van der Waals surface area contributed by atoms with Gasteiger partial charge in [0.2, 0.25) is 0 Å². The van der Waals surface area contributed by atoms with Crippen LogP contribution in [0.15, 0.2) is 18.2 Å². The summed E-state index contributed by atoms with van der Waals surface area (Å²) >= 11 is 0. The van der Waals surface area contributed by atoms with Gasteiger partial charge in [-0.05, 0) is 25.0 Å². The number of aliphatic hydroxyl groups is 1. The number of aromatic nitrogens is 1. The van der Waals surface area contributed by atoms with E-state index < -0.39 is 11.8 Å². The van der Waals surface area contributed by atoms with Crippen molar-refractivity contribution in [3.63, 3.8) is 0 Å². The van der Waals surface area contributed by atoms with Gasteiger partial charge in [0.05, 0.1) is 5.52 Å². The molecule has 5 heteroatoms. The van der Waals surface area contributed by atoms with Crippen molar-refractivity contribution >= 4 is 16.9 Å². The highest BCUT2D eigenvalue weighted by Gasteiger charge is 2.21. The molecule has 0 unspecified atom stereocenters. The Hall–Kier alpha value is -1.88. The Morgan fingerprint density at radius 3 is 2.78 bits per heavy atom. The van der Waals surface area contributed by atoms with Crippen LogP contribution in [-0.2, 0) is 6.54 Å². The second-order valence-electron chi connectivity index (χ2n) is 4.14. The van der Waals surface area contributed by atoms with Crippen LogP contribution in [0.25, 0.3) is 10.9 Å². The summed E-state index contributed by atoms with van der Waals surface area (Å²) in [5.74, 6) is -1.53. The first kappa shape index (κ1) is 12.6. The summed E-state index contributed by atoms with van der Waals surface area (Å²) in [6.07, 6.45) is 0.387. The van der Waals surface area contributed by atoms with Crippen molar-refractivity contribution in [1.82, 2.24) is 4.57 Å². The van der Waals surface area contributed by atoms with Gasteiger partial charge in [0.25, 0.3) is 0 Å². The standard InChI is InChI=1S/C13H14FNO3/c1-8-9-4-2-5-10(14)12(9)15(6-3-7-16)11(8)13(17)18/h2,4-5,16H,3,6-7H2,1H3,(H,17,18). The third kappa shape index (κ3) is 1.86. The summed E-state index contributed by atoms with van der Waals surface area (Å²) in [5.41, 5.74) is 0.930. The molecule has 0 saturated carbocycles. The second kappa shape index (κ2) is 4.78. The number of nitrogens with zero attached hydrogens (tertiary/aromatic N) is 1. The monoisotopic (exact) mass is 251 g/mol. The van der Waals surface area contributed by atoms with E-state index >= 15 is 0 Å². The van der Waals surface area contributed by atoms with Crippen molar-refractivity contribution in [2.24, 2.45) is 0 Å². The second-order valence-corrected chi connectivity index (χ2v) is 4.14. The molecule has 1 aromatic carbocycles. The van der Waals surface area contributed by atoms with Gasteiger partial charge in [-0.25, -0.2) is 9.18 Å². The summed E-state index contributed by atoms with van der Waals surface area (Å²) < 4.78 is 15.3. The van der Waals surface area contributed by atoms with Crippen LogP contribution in [0.4, 0.5) is 4.39 Å². The first-order valence-corrected chi connectivity index (χ1v) is 5.69. The van der Waals surface area contributed by atoms with E-state index in [1.807, 2.05) is 0 Å². The number of halogens is 1. The first-order chi connectivity index (χ1) is 8.57. The van der Waals surface area contributed by atoms with Crippen molar-refractivity contribution in [2.75, 3.05) is 6.61 Å². The normalized spacial score (nSPS) is 11.1. The third-order valence-corrected chi connectivity index (χ3v) is 3.03. The molecule has 0 saturated heterocycles. The van der Waals surface area contributed by atoms with Gasteiger partial charge in [-0.3, -0.25) is 0 Å². The lowest BCUT2D eigenvalue weighted by Gasteiger charge is -2.07. The van der Waals surface area contributed by atoms with Gasteiger partial charge >= 0.3 is 5.97 Å². The molecular weight excluding hydrogens is 237 g/mol. The average molecular weight is 251 g/mol. The van der Waals surface area contributed by atoms with Crippen molar-refractivity contribution in [2.45, 2.75) is 19.9 Å². The number of para-hydroxylation sites is 1. The molecule has 0 spiro atoms. The van der Waals surface area contributed by atoms with E-state index in [0.29, 0.717) is 22.9 Å². The number of fused-ring (bicyclic) bond motifs is 1. The van der Waals surface area contributed by atoms with Crippen LogP contribution in [0.2, 0.25) is 0 Å². The van der Waals surface area contributed by atoms with E-state index in [-0.39, 0.29) is 18.8 Å². The number of carboxylic acid groups (broad SMARTS) is 1. The molecule has 2 N–H and O–H groups in total. The lowest BCUT2D eigenvalue weighted by molar-refractivity contribution is 0.0684. The minimum atomic E-state index is -1.08. The topological polar surface area (TPSA) is 62.5 Å². The molecule has 2 aromatic rings. The van der Waals surface area contributed by atoms with Crippen molar-refractivity contribution < 1.29 is 19.4 Å². The summed E-state index contributed by atoms with van der Waals surface area (Å²) in [4.78, 5) is 11.3. The van der Waals surface area contributed by atoms with Gasteiger partial charge in [-0.15, -0.1) is 0 Å². The number of aromatic carboxylic acids is 1. The third-order valence-electron chi connectivity index (χ3n) is 3.03. The van der Waals surface area contributed by atoms with E-state index in [9.17, 15) is 14.3 Å². The molecule has 0 fully saturated rings. The Morgan fingerprint density at radius 1 is 1.44 bits per heavy atom. The summed E-state index contributed by atoms with van der Waals surface area (Å²) in [7, 11) is 0. The fraction of sp³-hybridized carbons (Fsp3) is 0.308. The predicted octanol–water partition coefficient (Wildman–Crippen LogP) is 2.17. The fourth-order valence-electron chi connectivity index (χ4n) is 2.26. The zero-order valence-corrected chi connectivity index (χ0v) is 9.98. The van der Waals surface area contributed by atoms with E-state index in [0.717, 1.165) is 0 Å². The van der Waals surface area contributed by atoms with Crippen LogP contribution < -0.4 is 0 Å². The Labute approximate surface area is 103 Å². The van der Waals surface area contributed by atoms with Crippen LogP contribution in [-0.4, -0.2) is 27.4 Å². The Balaban J connectivity index is 2.76. The van der Waals surface area contributed by atoms with E-state index in [1.165, 1.54) is 10.6 Å². The lowest BCUT2D eigenvalue weighted by atomic mass is 10.1. The smallest absolute Gasteiger partial charge is 0.352 e. The van der Waals surface area contributed by atoms with Crippen LogP contribution in [0, 0.1) is 12.7 Å². The number of aryl methyl sites for hydroxylation is 2. The Bertz CT molecular complexity index is 604. The number of hydrogen-bond acceptors (Lipinski definition) is 2. The molecule has 0 radical (unpaired) electrons. The van der Waals surface area contributed by atoms with Gasteiger partial charge in [-0.2, -0.15) is 0 Å². The summed E-state index contributed by atoms with van der Waals surface area (Å²) in [6.45, 7) is 1.89. The SMILES string of the molecule is Cc1c(C(=O)O)n(CCCO)c2c(F)cccc12. The average Bonchev–Trinajstić information content (AvgIpc) is 2.61. The lowest BCUT2D eigenvalue weighted by Crippen LogP contribution is -2.11. The molecule has 1 heterocycles. The summed E-state index contributed by atoms with van der Waals surface area (Å²) in [6, 6.07) is 4.57. The molecule has 0 amide bonds. The van der Waals surface area contributed by atoms with E-state index in [1.54, 1.807) is 19.1 Å². The van der Waals surface area contributed by atoms with Crippen LogP contribution >= 0.6 is 0 Å². The number of rotatable bonds is 4. The highest BCUT2D eigenvalue weighted by Crippen LogP contribution is 2.28. The highest BCUT2D eigenvalue weighted by atomic mass is 19.1. The van der Waals surface area contributed by atoms with Crippen LogP contribution in [0.5, 0.6) is 0 Å². The van der Waals surface area contributed by atoms with Crippen molar-refractivity contribution in [1.29, 1.82) is 0 Å². The van der Waals surface area contributed by atoms with Gasteiger partial charge in [0, 0.05) is 18.5 Å². The highest BCUT2D eigenvalue weighted by molar-refractivity contribution is 5.98. The number of carbonyl (C=O) groups is 1. The fourth-order valence-corrected chi connectivity index (χ4v) is 2.26. The zero-order valence-electron chi connectivity index (χ0n) is 9.98. The number of hydrogen-bond donors (Lipinski definition) is 2. The largest absolute Gasteiger partial charge is 0.477 e. The predicted molar refractivity (Wildman–Crippen MR) is 65.3 cm³/mol. The molecule has 0 atom stereocenters. The Kier molecular flexibility index (Phi) is 3.34. The number of benzene rings is 1. The first-order valence-electron chi connectivity index (χ1n) is 5.69. The van der Waals surface area contributed by atoms with Gasteiger partial charge < -0.3 is 14.8 Å². The van der Waals surface area contributed by atoms with Crippen molar-refractivity contribution in [3.8, 4) is 0 Å². The maximum Gasteiger partial charge on any atom is 0.352 e. The Morgan fingerprint density at radius 2 is 2.17 bits per heavy atom. The van der Waals surface area contributed by atoms with E-state index in [2.05, 4.69) is 0 Å². The maximum atomic E-state index is 13.9. The quantitative estimate of drug-likeness (QED) is 0.875. The number of carboxylic acids is 1. The molecule has 0 aliphatic carbocycles. The van der Waals surface area contributed by atoms with Gasteiger partial charge in [-0.1, -0.05) is 12.1 Å². The molecular formula is C13H14FNO3. The van der Waals surface area contributed by atoms with Crippen LogP contribution in [0.1, 0.15) is 22.5 Å². The molecule has 0 bridgehead atoms. The molecule has 4 nitrogen and oxygen atoms in total. The maximum absolute atomic E-state index is 13.9. The van der Waals surface area contributed by atoms with Crippen LogP contribution in [0.3, 0.4) is 0 Å². The summed E-state index contributed by atoms with van der Waals surface area (Å²) in [5, 5.41) is 18.7. The van der Waals surface area contributed by atoms with Gasteiger partial charge in [0.15, 0.2) is 0 Å². The molecule has 2 rings (SSSR count). The minimum Gasteiger partial charge on any atom is -0.477 e. The number of aliphatic hydroxyl groups excluding tert-OH is 1. The molecule has 18 heavy (non-hydrogen) atoms. The zero-order chi connectivity index (χ0) is 13.3. The molecule has 1 aromatic heterocycles. The van der Waals surface area contributed by atoms with Gasteiger partial charge in [0.1, 0.15) is 11.5 Å². The molecule has 96 valence electrons.